The molecule has 1 fully saturated rings. The highest BCUT2D eigenvalue weighted by molar-refractivity contribution is 5.49. The molecule has 16 heavy (non-hydrogen) atoms. The van der Waals surface area contributed by atoms with Gasteiger partial charge in [0.2, 0.25) is 5.88 Å². The number of pyridine rings is 1. The van der Waals surface area contributed by atoms with Gasteiger partial charge in [0.15, 0.2) is 0 Å². The predicted molar refractivity (Wildman–Crippen MR) is 65.5 cm³/mol. The number of hydrogen-bond acceptors (Lipinski definition) is 3. The third kappa shape index (κ3) is 2.87. The fourth-order valence-electron chi connectivity index (χ4n) is 2.25. The summed E-state index contributed by atoms with van der Waals surface area (Å²) in [5, 5.41) is 0. The van der Waals surface area contributed by atoms with Crippen LogP contribution in [0.5, 0.6) is 5.88 Å². The van der Waals surface area contributed by atoms with Crippen LogP contribution in [0.4, 0.5) is 5.69 Å². The number of aromatic nitrogens is 1. The molecule has 0 atom stereocenters. The third-order valence-corrected chi connectivity index (χ3v) is 3.20. The van der Waals surface area contributed by atoms with E-state index in [9.17, 15) is 0 Å². The summed E-state index contributed by atoms with van der Waals surface area (Å²) in [7, 11) is 0. The van der Waals surface area contributed by atoms with Gasteiger partial charge in [-0.05, 0) is 37.3 Å². The van der Waals surface area contributed by atoms with Crippen LogP contribution in [0.3, 0.4) is 0 Å². The molecule has 0 aromatic carbocycles. The van der Waals surface area contributed by atoms with Crippen molar-refractivity contribution < 1.29 is 4.74 Å². The van der Waals surface area contributed by atoms with Gasteiger partial charge in [-0.3, -0.25) is 0 Å². The monoisotopic (exact) mass is 220 g/mol. The Balaban J connectivity index is 1.88. The summed E-state index contributed by atoms with van der Waals surface area (Å²) in [5.41, 5.74) is 7.57. The zero-order chi connectivity index (χ0) is 11.4. The van der Waals surface area contributed by atoms with Crippen LogP contribution in [0, 0.1) is 12.8 Å². The van der Waals surface area contributed by atoms with Gasteiger partial charge < -0.3 is 10.5 Å². The van der Waals surface area contributed by atoms with Crippen LogP contribution < -0.4 is 10.5 Å². The van der Waals surface area contributed by atoms with Crippen LogP contribution in [0.25, 0.3) is 0 Å². The molecule has 2 N–H and O–H groups in total. The van der Waals surface area contributed by atoms with Crippen molar-refractivity contribution in [1.29, 1.82) is 0 Å². The van der Waals surface area contributed by atoms with Crippen molar-refractivity contribution >= 4 is 5.69 Å². The Bertz CT molecular complexity index is 346. The average Bonchev–Trinajstić information content (AvgIpc) is 2.29. The lowest BCUT2D eigenvalue weighted by atomic mass is 9.90. The molecule has 88 valence electrons. The molecular weight excluding hydrogens is 200 g/mol. The Morgan fingerprint density at radius 3 is 2.81 bits per heavy atom. The Kier molecular flexibility index (Phi) is 3.65. The van der Waals surface area contributed by atoms with Gasteiger partial charge in [-0.25, -0.2) is 4.98 Å². The molecule has 0 radical (unpaired) electrons. The Hall–Kier alpha value is -1.25. The van der Waals surface area contributed by atoms with E-state index in [2.05, 4.69) is 4.98 Å². The summed E-state index contributed by atoms with van der Waals surface area (Å²) in [6, 6.07) is 1.91. The van der Waals surface area contributed by atoms with Crippen LogP contribution in [-0.2, 0) is 0 Å². The first-order valence-electron chi connectivity index (χ1n) is 6.10. The predicted octanol–water partition coefficient (Wildman–Crippen LogP) is 2.93. The second-order valence-electron chi connectivity index (χ2n) is 4.72. The first-order valence-corrected chi connectivity index (χ1v) is 6.10. The quantitative estimate of drug-likeness (QED) is 0.852. The maximum atomic E-state index is 5.85. The minimum Gasteiger partial charge on any atom is -0.476 e. The number of anilines is 1. The number of hydrogen-bond donors (Lipinski definition) is 1. The van der Waals surface area contributed by atoms with Gasteiger partial charge >= 0.3 is 0 Å². The summed E-state index contributed by atoms with van der Waals surface area (Å²) in [5.74, 6) is 1.28. The number of rotatable bonds is 3. The van der Waals surface area contributed by atoms with Gasteiger partial charge in [0, 0.05) is 6.20 Å². The second-order valence-corrected chi connectivity index (χ2v) is 4.72. The number of nitrogens with zero attached hydrogens (tertiary/aromatic N) is 1. The smallest absolute Gasteiger partial charge is 0.237 e. The van der Waals surface area contributed by atoms with Gasteiger partial charge in [0.05, 0.1) is 12.3 Å². The van der Waals surface area contributed by atoms with E-state index in [1.807, 2.05) is 13.0 Å². The zero-order valence-corrected chi connectivity index (χ0v) is 9.91. The SMILES string of the molecule is Cc1cnc(OCC2CCCCC2)c(N)c1. The van der Waals surface area contributed by atoms with E-state index in [-0.39, 0.29) is 0 Å². The van der Waals surface area contributed by atoms with E-state index >= 15 is 0 Å². The summed E-state index contributed by atoms with van der Waals surface area (Å²) in [6.07, 6.45) is 8.42. The zero-order valence-electron chi connectivity index (χ0n) is 9.91. The lowest BCUT2D eigenvalue weighted by Gasteiger charge is -2.21. The summed E-state index contributed by atoms with van der Waals surface area (Å²) in [4.78, 5) is 4.21. The van der Waals surface area contributed by atoms with Crippen molar-refractivity contribution in [3.63, 3.8) is 0 Å². The molecule has 0 spiro atoms. The fourth-order valence-corrected chi connectivity index (χ4v) is 2.25. The lowest BCUT2D eigenvalue weighted by Crippen LogP contribution is -2.16. The number of aryl methyl sites for hydroxylation is 1. The molecule has 0 aliphatic heterocycles. The fraction of sp³-hybridized carbons (Fsp3) is 0.615. The van der Waals surface area contributed by atoms with E-state index in [0.717, 1.165) is 12.2 Å². The molecule has 1 aliphatic carbocycles. The molecule has 0 amide bonds. The first-order chi connectivity index (χ1) is 7.75. The molecule has 1 heterocycles. The maximum Gasteiger partial charge on any atom is 0.237 e. The lowest BCUT2D eigenvalue weighted by molar-refractivity contribution is 0.204. The highest BCUT2D eigenvalue weighted by atomic mass is 16.5. The highest BCUT2D eigenvalue weighted by Gasteiger charge is 2.14. The van der Waals surface area contributed by atoms with Crippen molar-refractivity contribution in [1.82, 2.24) is 4.98 Å². The van der Waals surface area contributed by atoms with Crippen molar-refractivity contribution in [3.8, 4) is 5.88 Å². The molecular formula is C13H20N2O. The number of ether oxygens (including phenoxy) is 1. The van der Waals surface area contributed by atoms with Gasteiger partial charge in [-0.1, -0.05) is 19.3 Å². The normalized spacial score (nSPS) is 17.3. The van der Waals surface area contributed by atoms with Crippen LogP contribution >= 0.6 is 0 Å². The van der Waals surface area contributed by atoms with Gasteiger partial charge in [0.1, 0.15) is 0 Å². The largest absolute Gasteiger partial charge is 0.476 e. The van der Waals surface area contributed by atoms with Crippen molar-refractivity contribution in [2.24, 2.45) is 5.92 Å². The summed E-state index contributed by atoms with van der Waals surface area (Å²) < 4.78 is 5.70. The molecule has 1 aliphatic rings. The molecule has 0 saturated heterocycles. The van der Waals surface area contributed by atoms with E-state index in [0.29, 0.717) is 17.5 Å². The number of nitrogen functional groups attached to an aromatic ring is 1. The Labute approximate surface area is 97.0 Å². The molecule has 3 heteroatoms. The topological polar surface area (TPSA) is 48.1 Å². The number of nitrogens with two attached hydrogens (primary N) is 1. The standard InChI is InChI=1S/C13H20N2O/c1-10-7-12(14)13(15-8-10)16-9-11-5-3-2-4-6-11/h7-8,11H,2-6,9,14H2,1H3. The van der Waals surface area contributed by atoms with Crippen LogP contribution in [0.15, 0.2) is 12.3 Å². The molecule has 2 rings (SSSR count). The summed E-state index contributed by atoms with van der Waals surface area (Å²) in [6.45, 7) is 2.74. The van der Waals surface area contributed by atoms with E-state index in [4.69, 9.17) is 10.5 Å². The highest BCUT2D eigenvalue weighted by Crippen LogP contribution is 2.25. The van der Waals surface area contributed by atoms with Crippen molar-refractivity contribution in [2.75, 3.05) is 12.3 Å². The van der Waals surface area contributed by atoms with Crippen LogP contribution in [0.1, 0.15) is 37.7 Å². The minimum atomic E-state index is 0.594. The molecule has 1 aromatic rings. The maximum absolute atomic E-state index is 5.85. The minimum absolute atomic E-state index is 0.594. The molecule has 1 aromatic heterocycles. The Morgan fingerprint density at radius 2 is 2.12 bits per heavy atom. The van der Waals surface area contributed by atoms with Gasteiger partial charge in [-0.15, -0.1) is 0 Å². The van der Waals surface area contributed by atoms with Crippen LogP contribution in [0.2, 0.25) is 0 Å². The summed E-state index contributed by atoms with van der Waals surface area (Å²) >= 11 is 0. The third-order valence-electron chi connectivity index (χ3n) is 3.20. The molecule has 0 bridgehead atoms. The molecule has 0 unspecified atom stereocenters. The second kappa shape index (κ2) is 5.19. The van der Waals surface area contributed by atoms with E-state index in [1.54, 1.807) is 6.20 Å². The van der Waals surface area contributed by atoms with E-state index in [1.165, 1.54) is 32.1 Å². The van der Waals surface area contributed by atoms with Crippen molar-refractivity contribution in [3.05, 3.63) is 17.8 Å². The molecule has 3 nitrogen and oxygen atoms in total. The average molecular weight is 220 g/mol. The first kappa shape index (κ1) is 11.2. The van der Waals surface area contributed by atoms with Crippen LogP contribution in [-0.4, -0.2) is 11.6 Å². The van der Waals surface area contributed by atoms with Crippen molar-refractivity contribution in [2.45, 2.75) is 39.0 Å². The molecule has 1 saturated carbocycles. The van der Waals surface area contributed by atoms with Gasteiger partial charge in [-0.2, -0.15) is 0 Å². The Morgan fingerprint density at radius 1 is 1.38 bits per heavy atom. The van der Waals surface area contributed by atoms with E-state index < -0.39 is 0 Å². The van der Waals surface area contributed by atoms with Gasteiger partial charge in [0.25, 0.3) is 0 Å².